The van der Waals surface area contributed by atoms with E-state index in [0.717, 1.165) is 24.1 Å². The molecule has 0 saturated carbocycles. The highest BCUT2D eigenvalue weighted by Crippen LogP contribution is 2.22. The van der Waals surface area contributed by atoms with Crippen LogP contribution in [0.2, 0.25) is 0 Å². The third-order valence-corrected chi connectivity index (χ3v) is 4.13. The topological polar surface area (TPSA) is 38.1 Å². The SMILES string of the molecule is CN(Cc1ccccc1-n1cccn1)C(=O)CC1C=CCC1. The maximum Gasteiger partial charge on any atom is 0.223 e. The van der Waals surface area contributed by atoms with Crippen molar-refractivity contribution < 1.29 is 4.79 Å². The molecule has 0 fully saturated rings. The van der Waals surface area contributed by atoms with E-state index in [-0.39, 0.29) is 5.91 Å². The molecule has 0 bridgehead atoms. The molecule has 4 nitrogen and oxygen atoms in total. The van der Waals surface area contributed by atoms with Gasteiger partial charge in [0.25, 0.3) is 0 Å². The summed E-state index contributed by atoms with van der Waals surface area (Å²) in [6.45, 7) is 0.602. The van der Waals surface area contributed by atoms with Gasteiger partial charge in [-0.3, -0.25) is 4.79 Å². The summed E-state index contributed by atoms with van der Waals surface area (Å²) in [5.41, 5.74) is 2.12. The highest BCUT2D eigenvalue weighted by molar-refractivity contribution is 5.76. The van der Waals surface area contributed by atoms with E-state index in [1.165, 1.54) is 0 Å². The quantitative estimate of drug-likeness (QED) is 0.795. The predicted octanol–water partition coefficient (Wildman–Crippen LogP) is 3.19. The van der Waals surface area contributed by atoms with Gasteiger partial charge in [0, 0.05) is 32.4 Å². The monoisotopic (exact) mass is 295 g/mol. The van der Waals surface area contributed by atoms with E-state index in [9.17, 15) is 4.79 Å². The maximum atomic E-state index is 12.4. The number of allylic oxidation sites excluding steroid dienone is 2. The van der Waals surface area contributed by atoms with Crippen molar-refractivity contribution in [3.8, 4) is 5.69 Å². The number of aromatic nitrogens is 2. The van der Waals surface area contributed by atoms with Gasteiger partial charge in [0.2, 0.25) is 5.91 Å². The number of carbonyl (C=O) groups is 1. The molecule has 1 unspecified atom stereocenters. The molecule has 0 aliphatic heterocycles. The molecule has 3 rings (SSSR count). The lowest BCUT2D eigenvalue weighted by Crippen LogP contribution is -2.28. The molecule has 1 amide bonds. The van der Waals surface area contributed by atoms with Crippen molar-refractivity contribution in [3.63, 3.8) is 0 Å². The van der Waals surface area contributed by atoms with Crippen molar-refractivity contribution in [2.45, 2.75) is 25.8 Å². The van der Waals surface area contributed by atoms with Crippen LogP contribution in [0.5, 0.6) is 0 Å². The zero-order chi connectivity index (χ0) is 15.4. The van der Waals surface area contributed by atoms with Crippen LogP contribution in [0, 0.1) is 5.92 Å². The third-order valence-electron chi connectivity index (χ3n) is 4.13. The molecule has 4 heteroatoms. The van der Waals surface area contributed by atoms with E-state index in [4.69, 9.17) is 0 Å². The summed E-state index contributed by atoms with van der Waals surface area (Å²) in [5.74, 6) is 0.614. The molecule has 0 N–H and O–H groups in total. The number of para-hydroxylation sites is 1. The molecule has 1 aromatic heterocycles. The molecule has 1 heterocycles. The van der Waals surface area contributed by atoms with Crippen LogP contribution in [0.1, 0.15) is 24.8 Å². The van der Waals surface area contributed by atoms with Gasteiger partial charge in [-0.2, -0.15) is 5.10 Å². The molecule has 22 heavy (non-hydrogen) atoms. The van der Waals surface area contributed by atoms with Gasteiger partial charge in [0.15, 0.2) is 0 Å². The lowest BCUT2D eigenvalue weighted by molar-refractivity contribution is -0.131. The molecule has 114 valence electrons. The minimum absolute atomic E-state index is 0.201. The van der Waals surface area contributed by atoms with Crippen LogP contribution in [0.25, 0.3) is 5.69 Å². The number of amides is 1. The van der Waals surface area contributed by atoms with Gasteiger partial charge in [-0.1, -0.05) is 30.4 Å². The first kappa shape index (κ1) is 14.6. The lowest BCUT2D eigenvalue weighted by Gasteiger charge is -2.20. The minimum atomic E-state index is 0.201. The molecule has 1 aliphatic rings. The largest absolute Gasteiger partial charge is 0.341 e. The van der Waals surface area contributed by atoms with Crippen LogP contribution < -0.4 is 0 Å². The summed E-state index contributed by atoms with van der Waals surface area (Å²) in [6, 6.07) is 9.97. The smallest absolute Gasteiger partial charge is 0.223 e. The van der Waals surface area contributed by atoms with Crippen LogP contribution in [0.4, 0.5) is 0 Å². The molecule has 0 radical (unpaired) electrons. The van der Waals surface area contributed by atoms with Crippen LogP contribution in [0.3, 0.4) is 0 Å². The number of hydrogen-bond donors (Lipinski definition) is 0. The van der Waals surface area contributed by atoms with Gasteiger partial charge in [0.05, 0.1) is 5.69 Å². The Morgan fingerprint density at radius 1 is 1.36 bits per heavy atom. The van der Waals surface area contributed by atoms with Gasteiger partial charge >= 0.3 is 0 Å². The molecule has 1 aliphatic carbocycles. The van der Waals surface area contributed by atoms with Gasteiger partial charge in [-0.25, -0.2) is 4.68 Å². The van der Waals surface area contributed by atoms with Crippen molar-refractivity contribution in [1.29, 1.82) is 0 Å². The van der Waals surface area contributed by atoms with Crippen LogP contribution in [-0.4, -0.2) is 27.6 Å². The van der Waals surface area contributed by atoms with E-state index in [0.29, 0.717) is 18.9 Å². The summed E-state index contributed by atoms with van der Waals surface area (Å²) in [6.07, 6.45) is 10.8. The van der Waals surface area contributed by atoms with E-state index in [1.807, 2.05) is 47.1 Å². The predicted molar refractivity (Wildman–Crippen MR) is 86.5 cm³/mol. The Labute approximate surface area is 131 Å². The maximum absolute atomic E-state index is 12.4. The van der Waals surface area contributed by atoms with E-state index >= 15 is 0 Å². The Balaban J connectivity index is 1.70. The zero-order valence-corrected chi connectivity index (χ0v) is 12.9. The summed E-state index contributed by atoms with van der Waals surface area (Å²) < 4.78 is 1.84. The Bertz CT molecular complexity index is 661. The number of benzene rings is 1. The molecular weight excluding hydrogens is 274 g/mol. The van der Waals surface area contributed by atoms with Crippen LogP contribution >= 0.6 is 0 Å². The van der Waals surface area contributed by atoms with Crippen LogP contribution in [0.15, 0.2) is 54.9 Å². The Morgan fingerprint density at radius 2 is 2.23 bits per heavy atom. The highest BCUT2D eigenvalue weighted by Gasteiger charge is 2.18. The lowest BCUT2D eigenvalue weighted by atomic mass is 10.0. The molecular formula is C18H21N3O. The van der Waals surface area contributed by atoms with Gasteiger partial charge < -0.3 is 4.90 Å². The van der Waals surface area contributed by atoms with Crippen LogP contribution in [-0.2, 0) is 11.3 Å². The normalized spacial score (nSPS) is 16.9. The van der Waals surface area contributed by atoms with E-state index < -0.39 is 0 Å². The van der Waals surface area contributed by atoms with Crippen molar-refractivity contribution in [2.75, 3.05) is 7.05 Å². The molecule has 0 saturated heterocycles. The minimum Gasteiger partial charge on any atom is -0.341 e. The molecule has 0 spiro atoms. The fraction of sp³-hybridized carbons (Fsp3) is 0.333. The first-order chi connectivity index (χ1) is 10.7. The fourth-order valence-electron chi connectivity index (χ4n) is 2.87. The van der Waals surface area contributed by atoms with Crippen molar-refractivity contribution in [1.82, 2.24) is 14.7 Å². The Kier molecular flexibility index (Phi) is 4.37. The highest BCUT2D eigenvalue weighted by atomic mass is 16.2. The number of nitrogens with zero attached hydrogens (tertiary/aromatic N) is 3. The third kappa shape index (κ3) is 3.27. The van der Waals surface area contributed by atoms with Gasteiger partial charge in [-0.05, 0) is 36.5 Å². The van der Waals surface area contributed by atoms with Gasteiger partial charge in [0.1, 0.15) is 0 Å². The Morgan fingerprint density at radius 3 is 2.95 bits per heavy atom. The second-order valence-electron chi connectivity index (χ2n) is 5.80. The van der Waals surface area contributed by atoms with Gasteiger partial charge in [-0.15, -0.1) is 0 Å². The molecule has 2 aromatic rings. The van der Waals surface area contributed by atoms with E-state index in [2.05, 4.69) is 23.3 Å². The number of hydrogen-bond acceptors (Lipinski definition) is 2. The Hall–Kier alpha value is -2.36. The average molecular weight is 295 g/mol. The number of carbonyl (C=O) groups excluding carboxylic acids is 1. The van der Waals surface area contributed by atoms with Crippen molar-refractivity contribution in [3.05, 3.63) is 60.4 Å². The zero-order valence-electron chi connectivity index (χ0n) is 12.9. The summed E-state index contributed by atoms with van der Waals surface area (Å²) in [5, 5.41) is 4.29. The average Bonchev–Trinajstić information content (AvgIpc) is 3.21. The molecule has 1 aromatic carbocycles. The summed E-state index contributed by atoms with van der Waals surface area (Å²) in [7, 11) is 1.88. The standard InChI is InChI=1S/C18H21N3O/c1-20(18(22)13-15-7-2-3-8-15)14-16-9-4-5-10-17(16)21-12-6-11-19-21/h2,4-7,9-12,15H,3,8,13-14H2,1H3. The van der Waals surface area contributed by atoms with E-state index in [1.54, 1.807) is 6.20 Å². The summed E-state index contributed by atoms with van der Waals surface area (Å²) >= 11 is 0. The van der Waals surface area contributed by atoms with Crippen molar-refractivity contribution >= 4 is 5.91 Å². The fourth-order valence-corrected chi connectivity index (χ4v) is 2.87. The van der Waals surface area contributed by atoms with Crippen molar-refractivity contribution in [2.24, 2.45) is 5.92 Å². The second kappa shape index (κ2) is 6.60. The first-order valence-corrected chi connectivity index (χ1v) is 7.72. The number of rotatable bonds is 5. The summed E-state index contributed by atoms with van der Waals surface area (Å²) in [4.78, 5) is 14.2. The first-order valence-electron chi connectivity index (χ1n) is 7.72. The molecule has 1 atom stereocenters. The second-order valence-corrected chi connectivity index (χ2v) is 5.80.